The molecule has 0 aliphatic carbocycles. The Balaban J connectivity index is 2.32. The second-order valence-corrected chi connectivity index (χ2v) is 3.70. The molecule has 0 atom stereocenters. The number of H-pyrrole nitrogens is 1. The summed E-state index contributed by atoms with van der Waals surface area (Å²) in [6.07, 6.45) is 6.18. The largest absolute Gasteiger partial charge is 0.478 e. The van der Waals surface area contributed by atoms with Gasteiger partial charge in [0.15, 0.2) is 5.16 Å². The van der Waals surface area contributed by atoms with Gasteiger partial charge in [-0.05, 0) is 6.07 Å². The fourth-order valence-electron chi connectivity index (χ4n) is 1.04. The zero-order valence-corrected chi connectivity index (χ0v) is 8.36. The van der Waals surface area contributed by atoms with Gasteiger partial charge in [-0.2, -0.15) is 0 Å². The van der Waals surface area contributed by atoms with Crippen molar-refractivity contribution in [3.05, 3.63) is 36.4 Å². The van der Waals surface area contributed by atoms with Crippen LogP contribution < -0.4 is 0 Å². The van der Waals surface area contributed by atoms with Crippen LogP contribution in [-0.2, 0) is 0 Å². The van der Waals surface area contributed by atoms with Crippen molar-refractivity contribution in [3.63, 3.8) is 0 Å². The van der Waals surface area contributed by atoms with Crippen LogP contribution in [-0.4, -0.2) is 26.0 Å². The van der Waals surface area contributed by atoms with Gasteiger partial charge in [0, 0.05) is 29.7 Å². The Morgan fingerprint density at radius 2 is 2.33 bits per heavy atom. The van der Waals surface area contributed by atoms with Crippen LogP contribution in [0.4, 0.5) is 0 Å². The topological polar surface area (TPSA) is 78.9 Å². The predicted octanol–water partition coefficient (Wildman–Crippen LogP) is 1.65. The van der Waals surface area contributed by atoms with Gasteiger partial charge in [-0.3, -0.25) is 4.98 Å². The quantitative estimate of drug-likeness (QED) is 0.823. The molecule has 0 radical (unpaired) electrons. The smallest absolute Gasteiger partial charge is 0.338 e. The Hall–Kier alpha value is -1.82. The molecule has 2 aromatic heterocycles. The van der Waals surface area contributed by atoms with Crippen molar-refractivity contribution < 1.29 is 9.90 Å². The second kappa shape index (κ2) is 4.14. The zero-order valence-electron chi connectivity index (χ0n) is 7.54. The lowest BCUT2D eigenvalue weighted by Gasteiger charge is -2.01. The minimum atomic E-state index is -0.989. The minimum absolute atomic E-state index is 0.180. The molecule has 2 aromatic rings. The standard InChI is InChI=1S/C9H7N3O2S/c13-8(14)6-5-10-2-1-7(6)15-9-11-3-4-12-9/h1-5H,(H,11,12)(H,13,14). The molecule has 5 nitrogen and oxygen atoms in total. The number of pyridine rings is 1. The van der Waals surface area contributed by atoms with Gasteiger partial charge in [-0.25, -0.2) is 9.78 Å². The average Bonchev–Trinajstić information content (AvgIpc) is 2.71. The van der Waals surface area contributed by atoms with Crippen molar-refractivity contribution in [2.75, 3.05) is 0 Å². The van der Waals surface area contributed by atoms with Crippen LogP contribution >= 0.6 is 11.8 Å². The third-order valence-corrected chi connectivity index (χ3v) is 2.68. The highest BCUT2D eigenvalue weighted by molar-refractivity contribution is 7.99. The lowest BCUT2D eigenvalue weighted by Crippen LogP contribution is -1.99. The second-order valence-electron chi connectivity index (χ2n) is 2.67. The molecule has 76 valence electrons. The summed E-state index contributed by atoms with van der Waals surface area (Å²) in [5.74, 6) is -0.989. The fraction of sp³-hybridized carbons (Fsp3) is 0. The maximum absolute atomic E-state index is 10.9. The van der Waals surface area contributed by atoms with Crippen molar-refractivity contribution in [2.24, 2.45) is 0 Å². The average molecular weight is 221 g/mol. The summed E-state index contributed by atoms with van der Waals surface area (Å²) >= 11 is 1.26. The summed E-state index contributed by atoms with van der Waals surface area (Å²) in [4.78, 5) is 22.2. The predicted molar refractivity (Wildman–Crippen MR) is 53.9 cm³/mol. The van der Waals surface area contributed by atoms with Crippen molar-refractivity contribution in [2.45, 2.75) is 10.1 Å². The lowest BCUT2D eigenvalue weighted by molar-refractivity contribution is 0.0692. The molecule has 2 heterocycles. The number of carboxylic acids is 1. The van der Waals surface area contributed by atoms with E-state index in [0.29, 0.717) is 10.1 Å². The summed E-state index contributed by atoms with van der Waals surface area (Å²) in [5.41, 5.74) is 0.180. The molecule has 2 rings (SSSR count). The summed E-state index contributed by atoms with van der Waals surface area (Å²) < 4.78 is 0. The summed E-state index contributed by atoms with van der Waals surface area (Å²) in [7, 11) is 0. The van der Waals surface area contributed by atoms with Crippen LogP contribution in [0.1, 0.15) is 10.4 Å². The Bertz CT molecular complexity index is 470. The van der Waals surface area contributed by atoms with Crippen molar-refractivity contribution in [3.8, 4) is 0 Å². The Morgan fingerprint density at radius 1 is 1.47 bits per heavy atom. The van der Waals surface area contributed by atoms with E-state index in [4.69, 9.17) is 5.11 Å². The van der Waals surface area contributed by atoms with Crippen LogP contribution in [0.15, 0.2) is 40.9 Å². The van der Waals surface area contributed by atoms with Crippen LogP contribution in [0.2, 0.25) is 0 Å². The van der Waals surface area contributed by atoms with E-state index < -0.39 is 5.97 Å². The molecule has 0 fully saturated rings. The first-order valence-corrected chi connectivity index (χ1v) is 4.93. The van der Waals surface area contributed by atoms with Crippen LogP contribution in [0, 0.1) is 0 Å². The third kappa shape index (κ3) is 2.16. The number of carboxylic acid groups (broad SMARTS) is 1. The molecule has 2 N–H and O–H groups in total. The van der Waals surface area contributed by atoms with Crippen molar-refractivity contribution >= 4 is 17.7 Å². The molecule has 0 amide bonds. The molecule has 0 saturated carbocycles. The molecule has 0 aliphatic rings. The number of aromatic amines is 1. The third-order valence-electron chi connectivity index (χ3n) is 1.69. The van der Waals surface area contributed by atoms with E-state index in [1.165, 1.54) is 18.0 Å². The highest BCUT2D eigenvalue weighted by atomic mass is 32.2. The van der Waals surface area contributed by atoms with Crippen LogP contribution in [0.5, 0.6) is 0 Å². The number of aromatic nitrogens is 3. The number of hydrogen-bond acceptors (Lipinski definition) is 4. The summed E-state index contributed by atoms with van der Waals surface area (Å²) in [5, 5.41) is 9.57. The highest BCUT2D eigenvalue weighted by Crippen LogP contribution is 2.26. The Labute approximate surface area is 89.6 Å². The SMILES string of the molecule is O=C(O)c1cnccc1Sc1ncc[nH]1. The molecule has 15 heavy (non-hydrogen) atoms. The molecule has 6 heteroatoms. The van der Waals surface area contributed by atoms with Gasteiger partial charge >= 0.3 is 5.97 Å². The van der Waals surface area contributed by atoms with E-state index >= 15 is 0 Å². The first kappa shape index (κ1) is 9.72. The minimum Gasteiger partial charge on any atom is -0.478 e. The molecular weight excluding hydrogens is 214 g/mol. The van der Waals surface area contributed by atoms with E-state index in [0.717, 1.165) is 0 Å². The molecule has 0 aliphatic heterocycles. The van der Waals surface area contributed by atoms with Crippen LogP contribution in [0.3, 0.4) is 0 Å². The number of hydrogen-bond donors (Lipinski definition) is 2. The number of rotatable bonds is 3. The van der Waals surface area contributed by atoms with E-state index in [-0.39, 0.29) is 5.56 Å². The molecule has 0 unspecified atom stereocenters. The van der Waals surface area contributed by atoms with Crippen molar-refractivity contribution in [1.82, 2.24) is 15.0 Å². The molecule has 0 aromatic carbocycles. The summed E-state index contributed by atoms with van der Waals surface area (Å²) in [6, 6.07) is 1.65. The number of aromatic carboxylic acids is 1. The Morgan fingerprint density at radius 3 is 3.00 bits per heavy atom. The Kier molecular flexibility index (Phi) is 2.68. The number of carbonyl (C=O) groups is 1. The fourth-order valence-corrected chi connectivity index (χ4v) is 1.87. The van der Waals surface area contributed by atoms with Crippen molar-refractivity contribution in [1.29, 1.82) is 0 Å². The molecule has 0 spiro atoms. The van der Waals surface area contributed by atoms with E-state index in [9.17, 15) is 4.79 Å². The van der Waals surface area contributed by atoms with Gasteiger partial charge < -0.3 is 10.1 Å². The molecule has 0 bridgehead atoms. The van der Waals surface area contributed by atoms with Gasteiger partial charge in [0.1, 0.15) is 0 Å². The van der Waals surface area contributed by atoms with E-state index in [1.54, 1.807) is 24.7 Å². The first-order valence-electron chi connectivity index (χ1n) is 4.12. The van der Waals surface area contributed by atoms with Gasteiger partial charge in [0.2, 0.25) is 0 Å². The maximum atomic E-state index is 10.9. The van der Waals surface area contributed by atoms with E-state index in [1.807, 2.05) is 0 Å². The maximum Gasteiger partial charge on any atom is 0.338 e. The number of nitrogens with zero attached hydrogens (tertiary/aromatic N) is 2. The number of imidazole rings is 1. The van der Waals surface area contributed by atoms with Gasteiger partial charge in [-0.1, -0.05) is 11.8 Å². The highest BCUT2D eigenvalue weighted by Gasteiger charge is 2.11. The van der Waals surface area contributed by atoms with Gasteiger partial charge in [0.25, 0.3) is 0 Å². The molecular formula is C9H7N3O2S. The van der Waals surface area contributed by atoms with Crippen LogP contribution in [0.25, 0.3) is 0 Å². The molecule has 0 saturated heterocycles. The first-order chi connectivity index (χ1) is 7.27. The monoisotopic (exact) mass is 221 g/mol. The van der Waals surface area contributed by atoms with Gasteiger partial charge in [-0.15, -0.1) is 0 Å². The number of nitrogens with one attached hydrogen (secondary N) is 1. The van der Waals surface area contributed by atoms with Gasteiger partial charge in [0.05, 0.1) is 5.56 Å². The summed E-state index contributed by atoms with van der Waals surface area (Å²) in [6.45, 7) is 0. The zero-order chi connectivity index (χ0) is 10.7. The van der Waals surface area contributed by atoms with E-state index in [2.05, 4.69) is 15.0 Å². The lowest BCUT2D eigenvalue weighted by atomic mass is 10.3. The normalized spacial score (nSPS) is 10.1.